The molecule has 3 aromatic rings. The Hall–Kier alpha value is -2.89. The zero-order chi connectivity index (χ0) is 15.8. The zero-order valence-corrected chi connectivity index (χ0v) is 12.5. The monoisotopic (exact) mass is 308 g/mol. The predicted molar refractivity (Wildman–Crippen MR) is 86.2 cm³/mol. The highest BCUT2D eigenvalue weighted by atomic mass is 16.2. The van der Waals surface area contributed by atoms with Gasteiger partial charge in [0.2, 0.25) is 5.56 Å². The molecule has 1 aromatic carbocycles. The number of para-hydroxylation sites is 2. The Kier molecular flexibility index (Phi) is 3.22. The van der Waals surface area contributed by atoms with Gasteiger partial charge < -0.3 is 14.9 Å². The van der Waals surface area contributed by atoms with Gasteiger partial charge in [0.25, 0.3) is 5.91 Å². The first kappa shape index (κ1) is 13.8. The van der Waals surface area contributed by atoms with Crippen molar-refractivity contribution in [3.05, 3.63) is 64.3 Å². The van der Waals surface area contributed by atoms with Crippen LogP contribution in [0.5, 0.6) is 0 Å². The first-order chi connectivity index (χ1) is 11.2. The van der Waals surface area contributed by atoms with Crippen molar-refractivity contribution in [3.63, 3.8) is 0 Å². The average Bonchev–Trinajstić information content (AvgIpc) is 3.21. The lowest BCUT2D eigenvalue weighted by Gasteiger charge is -2.23. The largest absolute Gasteiger partial charge is 0.340 e. The van der Waals surface area contributed by atoms with E-state index in [2.05, 4.69) is 15.0 Å². The van der Waals surface area contributed by atoms with Crippen molar-refractivity contribution in [2.24, 2.45) is 0 Å². The van der Waals surface area contributed by atoms with Crippen LogP contribution >= 0.6 is 0 Å². The molecule has 6 heteroatoms. The van der Waals surface area contributed by atoms with Crippen molar-refractivity contribution in [3.8, 4) is 0 Å². The molecule has 1 fully saturated rings. The van der Waals surface area contributed by atoms with E-state index in [-0.39, 0.29) is 17.5 Å². The van der Waals surface area contributed by atoms with Gasteiger partial charge in [-0.05, 0) is 31.0 Å². The van der Waals surface area contributed by atoms with E-state index in [1.54, 1.807) is 6.07 Å². The Labute approximate surface area is 132 Å². The molecule has 3 heterocycles. The van der Waals surface area contributed by atoms with Crippen molar-refractivity contribution in [2.75, 3.05) is 6.54 Å². The van der Waals surface area contributed by atoms with Crippen LogP contribution in [-0.2, 0) is 0 Å². The highest BCUT2D eigenvalue weighted by Crippen LogP contribution is 2.32. The van der Waals surface area contributed by atoms with Crippen molar-refractivity contribution >= 4 is 16.9 Å². The molecule has 1 atom stereocenters. The van der Waals surface area contributed by atoms with Crippen LogP contribution in [0.2, 0.25) is 0 Å². The summed E-state index contributed by atoms with van der Waals surface area (Å²) >= 11 is 0. The Morgan fingerprint density at radius 2 is 2.09 bits per heavy atom. The number of amides is 1. The number of carbonyl (C=O) groups is 1. The van der Waals surface area contributed by atoms with E-state index < -0.39 is 0 Å². The third-order valence-corrected chi connectivity index (χ3v) is 4.27. The summed E-state index contributed by atoms with van der Waals surface area (Å²) in [4.78, 5) is 36.2. The van der Waals surface area contributed by atoms with Gasteiger partial charge in [-0.15, -0.1) is 0 Å². The third kappa shape index (κ3) is 2.42. The van der Waals surface area contributed by atoms with Crippen LogP contribution in [0.1, 0.15) is 35.1 Å². The van der Waals surface area contributed by atoms with E-state index in [9.17, 15) is 9.59 Å². The molecule has 1 saturated heterocycles. The second-order valence-corrected chi connectivity index (χ2v) is 5.74. The smallest absolute Gasteiger partial charge is 0.255 e. The zero-order valence-electron chi connectivity index (χ0n) is 12.5. The van der Waals surface area contributed by atoms with Crippen LogP contribution in [0, 0.1) is 0 Å². The van der Waals surface area contributed by atoms with Crippen LogP contribution < -0.4 is 5.56 Å². The van der Waals surface area contributed by atoms with Gasteiger partial charge in [-0.3, -0.25) is 9.59 Å². The number of carbonyl (C=O) groups excluding carboxylic acids is 1. The number of aromatic nitrogens is 3. The van der Waals surface area contributed by atoms with Gasteiger partial charge in [-0.2, -0.15) is 0 Å². The highest BCUT2D eigenvalue weighted by Gasteiger charge is 2.32. The van der Waals surface area contributed by atoms with Crippen LogP contribution in [0.3, 0.4) is 0 Å². The molecular weight excluding hydrogens is 292 g/mol. The van der Waals surface area contributed by atoms with Crippen molar-refractivity contribution in [2.45, 2.75) is 18.9 Å². The van der Waals surface area contributed by atoms with Gasteiger partial charge >= 0.3 is 0 Å². The topological polar surface area (TPSA) is 81.8 Å². The number of benzene rings is 1. The molecule has 1 amide bonds. The maximum atomic E-state index is 12.7. The van der Waals surface area contributed by atoms with Crippen LogP contribution in [0.25, 0.3) is 11.0 Å². The van der Waals surface area contributed by atoms with Crippen LogP contribution in [-0.4, -0.2) is 32.3 Å². The molecule has 0 bridgehead atoms. The van der Waals surface area contributed by atoms with Gasteiger partial charge in [-0.1, -0.05) is 12.1 Å². The van der Waals surface area contributed by atoms with Crippen LogP contribution in [0.4, 0.5) is 0 Å². The summed E-state index contributed by atoms with van der Waals surface area (Å²) in [7, 11) is 0. The Morgan fingerprint density at radius 3 is 2.87 bits per heavy atom. The number of pyridine rings is 1. The van der Waals surface area contributed by atoms with E-state index in [0.29, 0.717) is 12.1 Å². The van der Waals surface area contributed by atoms with E-state index in [4.69, 9.17) is 0 Å². The van der Waals surface area contributed by atoms with Gasteiger partial charge in [0, 0.05) is 18.8 Å². The minimum Gasteiger partial charge on any atom is -0.340 e. The molecule has 2 N–H and O–H groups in total. The first-order valence-corrected chi connectivity index (χ1v) is 7.67. The van der Waals surface area contributed by atoms with Crippen molar-refractivity contribution in [1.82, 2.24) is 19.9 Å². The quantitative estimate of drug-likeness (QED) is 0.761. The standard InChI is InChI=1S/C17H16N4O2/c22-15-8-7-11(10-18-15)17(23)21-9-3-6-14(21)16-19-12-4-1-2-5-13(12)20-16/h1-2,4-5,7-8,10,14H,3,6,9H2,(H,18,22)(H,19,20)/t14-/m1/s1. The fraction of sp³-hybridized carbons (Fsp3) is 0.235. The second-order valence-electron chi connectivity index (χ2n) is 5.74. The first-order valence-electron chi connectivity index (χ1n) is 7.67. The Bertz CT molecular complexity index is 874. The number of fused-ring (bicyclic) bond motifs is 1. The molecule has 0 unspecified atom stereocenters. The summed E-state index contributed by atoms with van der Waals surface area (Å²) in [5, 5.41) is 0. The molecule has 0 radical (unpaired) electrons. The maximum Gasteiger partial charge on any atom is 0.255 e. The summed E-state index contributed by atoms with van der Waals surface area (Å²) in [6, 6.07) is 10.7. The number of aromatic amines is 2. The molecule has 4 rings (SSSR count). The summed E-state index contributed by atoms with van der Waals surface area (Å²) < 4.78 is 0. The molecular formula is C17H16N4O2. The minimum atomic E-state index is -0.211. The SMILES string of the molecule is O=C(c1ccc(=O)[nH]c1)N1CCC[C@@H]1c1nc2ccccc2[nH]1. The lowest BCUT2D eigenvalue weighted by Crippen LogP contribution is -2.31. The fourth-order valence-corrected chi connectivity index (χ4v) is 3.13. The molecule has 1 aliphatic heterocycles. The number of hydrogen-bond acceptors (Lipinski definition) is 3. The molecule has 0 saturated carbocycles. The Morgan fingerprint density at radius 1 is 1.22 bits per heavy atom. The summed E-state index contributed by atoms with van der Waals surface area (Å²) in [5.41, 5.74) is 2.17. The fourth-order valence-electron chi connectivity index (χ4n) is 3.13. The van der Waals surface area contributed by atoms with Crippen LogP contribution in [0.15, 0.2) is 47.4 Å². The lowest BCUT2D eigenvalue weighted by atomic mass is 10.2. The summed E-state index contributed by atoms with van der Waals surface area (Å²) in [5.74, 6) is 0.741. The van der Waals surface area contributed by atoms with Gasteiger partial charge in [0.05, 0.1) is 22.6 Å². The van der Waals surface area contributed by atoms with Gasteiger partial charge in [-0.25, -0.2) is 4.98 Å². The number of likely N-dealkylation sites (tertiary alicyclic amines) is 1. The minimum absolute atomic E-state index is 0.0539. The van der Waals surface area contributed by atoms with E-state index in [1.807, 2.05) is 29.2 Å². The molecule has 23 heavy (non-hydrogen) atoms. The summed E-state index contributed by atoms with van der Waals surface area (Å²) in [6.45, 7) is 0.694. The molecule has 2 aromatic heterocycles. The number of imidazole rings is 1. The summed E-state index contributed by atoms with van der Waals surface area (Å²) in [6.07, 6.45) is 3.30. The number of H-pyrrole nitrogens is 2. The molecule has 1 aliphatic rings. The molecule has 0 aliphatic carbocycles. The van der Waals surface area contributed by atoms with E-state index in [1.165, 1.54) is 12.3 Å². The molecule has 0 spiro atoms. The van der Waals surface area contributed by atoms with Crippen molar-refractivity contribution in [1.29, 1.82) is 0 Å². The maximum absolute atomic E-state index is 12.7. The predicted octanol–water partition coefficient (Wildman–Crippen LogP) is 2.23. The lowest BCUT2D eigenvalue weighted by molar-refractivity contribution is 0.0730. The number of rotatable bonds is 2. The molecule has 116 valence electrons. The average molecular weight is 308 g/mol. The normalized spacial score (nSPS) is 17.7. The van der Waals surface area contributed by atoms with E-state index >= 15 is 0 Å². The van der Waals surface area contributed by atoms with Crippen molar-refractivity contribution < 1.29 is 4.79 Å². The number of nitrogens with one attached hydrogen (secondary N) is 2. The van der Waals surface area contributed by atoms with Gasteiger partial charge in [0.1, 0.15) is 5.82 Å². The van der Waals surface area contributed by atoms with Gasteiger partial charge in [0.15, 0.2) is 0 Å². The van der Waals surface area contributed by atoms with E-state index in [0.717, 1.165) is 29.7 Å². The number of nitrogens with zero attached hydrogens (tertiary/aromatic N) is 2. The third-order valence-electron chi connectivity index (χ3n) is 4.27. The Balaban J connectivity index is 1.67. The number of hydrogen-bond donors (Lipinski definition) is 2. The highest BCUT2D eigenvalue weighted by molar-refractivity contribution is 5.94. The second kappa shape index (κ2) is 5.39. The molecule has 6 nitrogen and oxygen atoms in total.